The smallest absolute Gasteiger partial charge is 0.230 e. The van der Waals surface area contributed by atoms with Gasteiger partial charge in [-0.2, -0.15) is 15.0 Å². The van der Waals surface area contributed by atoms with Crippen LogP contribution in [-0.4, -0.2) is 78.5 Å². The quantitative estimate of drug-likeness (QED) is 0.550. The predicted octanol–water partition coefficient (Wildman–Crippen LogP) is 2.88. The van der Waals surface area contributed by atoms with E-state index in [1.165, 1.54) is 0 Å². The first-order chi connectivity index (χ1) is 16.7. The fraction of sp³-hybridized carbons (Fsp3) is 0.440. The summed E-state index contributed by atoms with van der Waals surface area (Å²) in [5, 5.41) is 0. The topological polar surface area (TPSA) is 79.7 Å². The maximum Gasteiger partial charge on any atom is 0.230 e. The third kappa shape index (κ3) is 5.20. The number of benzene rings is 1. The number of anilines is 3. The monoisotopic (exact) mass is 461 g/mol. The lowest BCUT2D eigenvalue weighted by atomic mass is 10.2. The van der Waals surface area contributed by atoms with Crippen molar-refractivity contribution in [1.29, 1.82) is 0 Å². The van der Waals surface area contributed by atoms with E-state index in [9.17, 15) is 0 Å². The number of ether oxygens (including phenoxy) is 2. The van der Waals surface area contributed by atoms with Crippen molar-refractivity contribution < 1.29 is 9.47 Å². The molecule has 0 amide bonds. The lowest BCUT2D eigenvalue weighted by Crippen LogP contribution is -2.47. The molecule has 2 fully saturated rings. The van der Waals surface area contributed by atoms with Gasteiger partial charge in [0.1, 0.15) is 11.6 Å². The van der Waals surface area contributed by atoms with Gasteiger partial charge in [0.15, 0.2) is 5.82 Å². The van der Waals surface area contributed by atoms with Gasteiger partial charge < -0.3 is 24.2 Å². The molecule has 0 aliphatic carbocycles. The summed E-state index contributed by atoms with van der Waals surface area (Å²) in [7, 11) is 0. The Balaban J connectivity index is 1.43. The van der Waals surface area contributed by atoms with Gasteiger partial charge in [-0.1, -0.05) is 18.2 Å². The SMILES string of the molecule is CC(C)Oc1cccc(-c2nc(N3CCOCC3)nc(N3CCN(c4ccccn4)CC3)n2)c1. The first kappa shape index (κ1) is 22.3. The zero-order valence-corrected chi connectivity index (χ0v) is 19.8. The van der Waals surface area contributed by atoms with E-state index in [-0.39, 0.29) is 6.10 Å². The van der Waals surface area contributed by atoms with Crippen LogP contribution < -0.4 is 19.4 Å². The van der Waals surface area contributed by atoms with Gasteiger partial charge in [-0.05, 0) is 38.1 Å². The second kappa shape index (κ2) is 10.2. The molecule has 0 bridgehead atoms. The second-order valence-electron chi connectivity index (χ2n) is 8.71. The Hall–Kier alpha value is -3.46. The van der Waals surface area contributed by atoms with E-state index in [2.05, 4.69) is 25.8 Å². The van der Waals surface area contributed by atoms with Crippen molar-refractivity contribution in [3.8, 4) is 17.1 Å². The van der Waals surface area contributed by atoms with Crippen LogP contribution in [0.1, 0.15) is 13.8 Å². The van der Waals surface area contributed by atoms with Gasteiger partial charge in [-0.15, -0.1) is 0 Å². The Morgan fingerprint density at radius 3 is 2.18 bits per heavy atom. The number of aromatic nitrogens is 4. The van der Waals surface area contributed by atoms with Gasteiger partial charge in [0.2, 0.25) is 11.9 Å². The molecule has 5 rings (SSSR count). The van der Waals surface area contributed by atoms with Gasteiger partial charge in [0.05, 0.1) is 19.3 Å². The molecule has 34 heavy (non-hydrogen) atoms. The second-order valence-corrected chi connectivity index (χ2v) is 8.71. The molecular formula is C25H31N7O2. The molecule has 9 nitrogen and oxygen atoms in total. The van der Waals surface area contributed by atoms with Crippen LogP contribution in [0, 0.1) is 0 Å². The zero-order valence-electron chi connectivity index (χ0n) is 19.8. The van der Waals surface area contributed by atoms with Crippen LogP contribution in [0.4, 0.5) is 17.7 Å². The number of hydrogen-bond acceptors (Lipinski definition) is 9. The zero-order chi connectivity index (χ0) is 23.3. The summed E-state index contributed by atoms with van der Waals surface area (Å²) < 4.78 is 11.4. The molecule has 0 unspecified atom stereocenters. The van der Waals surface area contributed by atoms with Crippen molar-refractivity contribution in [1.82, 2.24) is 19.9 Å². The van der Waals surface area contributed by atoms with E-state index >= 15 is 0 Å². The van der Waals surface area contributed by atoms with Crippen LogP contribution in [0.15, 0.2) is 48.7 Å². The summed E-state index contributed by atoms with van der Waals surface area (Å²) >= 11 is 0. The Morgan fingerprint density at radius 1 is 0.794 bits per heavy atom. The van der Waals surface area contributed by atoms with Gasteiger partial charge in [0, 0.05) is 51.0 Å². The molecule has 0 atom stereocenters. The van der Waals surface area contributed by atoms with Gasteiger partial charge in [0.25, 0.3) is 0 Å². The van der Waals surface area contributed by atoms with Crippen LogP contribution in [0.25, 0.3) is 11.4 Å². The summed E-state index contributed by atoms with van der Waals surface area (Å²) in [6.07, 6.45) is 1.94. The summed E-state index contributed by atoms with van der Waals surface area (Å²) in [5.41, 5.74) is 0.920. The lowest BCUT2D eigenvalue weighted by Gasteiger charge is -2.36. The van der Waals surface area contributed by atoms with Gasteiger partial charge in [-0.25, -0.2) is 4.98 Å². The molecule has 2 aliphatic rings. The molecule has 2 aromatic heterocycles. The molecule has 9 heteroatoms. The molecular weight excluding hydrogens is 430 g/mol. The van der Waals surface area contributed by atoms with Crippen LogP contribution in [0.2, 0.25) is 0 Å². The van der Waals surface area contributed by atoms with E-state index in [4.69, 9.17) is 24.4 Å². The van der Waals surface area contributed by atoms with E-state index in [1.54, 1.807) is 0 Å². The van der Waals surface area contributed by atoms with E-state index in [1.807, 2.05) is 56.4 Å². The maximum atomic E-state index is 5.90. The molecule has 2 saturated heterocycles. The largest absolute Gasteiger partial charge is 0.491 e. The fourth-order valence-electron chi connectivity index (χ4n) is 4.19. The standard InChI is InChI=1S/C25H31N7O2/c1-19(2)34-21-7-5-6-20(18-21)23-27-24(29-25(28-23)32-14-16-33-17-15-32)31-12-10-30(11-13-31)22-8-3-4-9-26-22/h3-9,18-19H,10-17H2,1-2H3. The number of hydrogen-bond donors (Lipinski definition) is 0. The molecule has 0 saturated carbocycles. The highest BCUT2D eigenvalue weighted by Gasteiger charge is 2.23. The Bertz CT molecular complexity index is 1080. The molecule has 178 valence electrons. The number of pyridine rings is 1. The highest BCUT2D eigenvalue weighted by Crippen LogP contribution is 2.26. The number of morpholine rings is 1. The highest BCUT2D eigenvalue weighted by molar-refractivity contribution is 5.61. The van der Waals surface area contributed by atoms with Crippen LogP contribution >= 0.6 is 0 Å². The first-order valence-corrected chi connectivity index (χ1v) is 11.9. The summed E-state index contributed by atoms with van der Waals surface area (Å²) in [6, 6.07) is 14.0. The molecule has 0 N–H and O–H groups in total. The van der Waals surface area contributed by atoms with Crippen LogP contribution in [-0.2, 0) is 4.74 Å². The molecule has 1 aromatic carbocycles. The first-order valence-electron chi connectivity index (χ1n) is 11.9. The van der Waals surface area contributed by atoms with Crippen molar-refractivity contribution in [2.45, 2.75) is 20.0 Å². The minimum atomic E-state index is 0.100. The Morgan fingerprint density at radius 2 is 1.50 bits per heavy atom. The van der Waals surface area contributed by atoms with Crippen molar-refractivity contribution in [2.75, 3.05) is 67.2 Å². The van der Waals surface area contributed by atoms with E-state index in [0.29, 0.717) is 30.9 Å². The van der Waals surface area contributed by atoms with Crippen molar-refractivity contribution in [2.24, 2.45) is 0 Å². The molecule has 2 aliphatic heterocycles. The normalized spacial score (nSPS) is 16.7. The molecule has 3 aromatic rings. The minimum Gasteiger partial charge on any atom is -0.491 e. The predicted molar refractivity (Wildman–Crippen MR) is 133 cm³/mol. The number of piperazine rings is 1. The van der Waals surface area contributed by atoms with Gasteiger partial charge in [-0.3, -0.25) is 0 Å². The highest BCUT2D eigenvalue weighted by atomic mass is 16.5. The maximum absolute atomic E-state index is 5.90. The minimum absolute atomic E-state index is 0.100. The van der Waals surface area contributed by atoms with E-state index in [0.717, 1.165) is 56.4 Å². The molecule has 0 spiro atoms. The third-order valence-electron chi connectivity index (χ3n) is 5.91. The lowest BCUT2D eigenvalue weighted by molar-refractivity contribution is 0.122. The Kier molecular flexibility index (Phi) is 6.71. The van der Waals surface area contributed by atoms with Crippen molar-refractivity contribution in [3.05, 3.63) is 48.7 Å². The van der Waals surface area contributed by atoms with Crippen molar-refractivity contribution >= 4 is 17.7 Å². The fourth-order valence-corrected chi connectivity index (χ4v) is 4.19. The van der Waals surface area contributed by atoms with Gasteiger partial charge >= 0.3 is 0 Å². The average molecular weight is 462 g/mol. The Labute approximate surface area is 200 Å². The third-order valence-corrected chi connectivity index (χ3v) is 5.91. The summed E-state index contributed by atoms with van der Waals surface area (Å²) in [5.74, 6) is 3.89. The summed E-state index contributed by atoms with van der Waals surface area (Å²) in [6.45, 7) is 10.3. The van der Waals surface area contributed by atoms with Crippen LogP contribution in [0.3, 0.4) is 0 Å². The average Bonchev–Trinajstić information content (AvgIpc) is 2.89. The molecule has 4 heterocycles. The van der Waals surface area contributed by atoms with E-state index < -0.39 is 0 Å². The van der Waals surface area contributed by atoms with Crippen molar-refractivity contribution in [3.63, 3.8) is 0 Å². The molecule has 0 radical (unpaired) electrons. The summed E-state index contributed by atoms with van der Waals surface area (Å²) in [4.78, 5) is 25.8. The van der Waals surface area contributed by atoms with Crippen LogP contribution in [0.5, 0.6) is 5.75 Å². The number of nitrogens with zero attached hydrogens (tertiary/aromatic N) is 7. The number of rotatable bonds is 6.